The highest BCUT2D eigenvalue weighted by Gasteiger charge is 2.16. The Kier molecular flexibility index (Phi) is 4.80. The normalized spacial score (nSPS) is 11.4. The highest BCUT2D eigenvalue weighted by atomic mass is 16.5. The number of nitriles is 1. The number of amides is 1. The third-order valence-electron chi connectivity index (χ3n) is 3.18. The average Bonchev–Trinajstić information content (AvgIpc) is 2.46. The fourth-order valence-electron chi connectivity index (χ4n) is 2.18. The minimum atomic E-state index is -0.659. The minimum Gasteiger partial charge on any atom is -0.481 e. The number of ether oxygens (including phenoxy) is 1. The zero-order valence-electron chi connectivity index (χ0n) is 12.9. The van der Waals surface area contributed by atoms with Crippen LogP contribution in [0.1, 0.15) is 23.6 Å². The Balaban J connectivity index is 2.08. The molecular formula is C18H18N2O2. The summed E-state index contributed by atoms with van der Waals surface area (Å²) < 4.78 is 5.69. The van der Waals surface area contributed by atoms with E-state index in [4.69, 9.17) is 10.00 Å². The van der Waals surface area contributed by atoms with Gasteiger partial charge >= 0.3 is 0 Å². The van der Waals surface area contributed by atoms with Crippen LogP contribution < -0.4 is 10.1 Å². The van der Waals surface area contributed by atoms with E-state index in [9.17, 15) is 4.79 Å². The first-order chi connectivity index (χ1) is 10.5. The second kappa shape index (κ2) is 6.77. The molecule has 0 aliphatic carbocycles. The second-order valence-electron chi connectivity index (χ2n) is 5.23. The molecule has 0 radical (unpaired) electrons. The maximum absolute atomic E-state index is 12.2. The third kappa shape index (κ3) is 3.86. The molecule has 4 nitrogen and oxygen atoms in total. The van der Waals surface area contributed by atoms with Gasteiger partial charge in [-0.1, -0.05) is 18.2 Å². The van der Waals surface area contributed by atoms with Gasteiger partial charge in [-0.2, -0.15) is 5.26 Å². The van der Waals surface area contributed by atoms with Gasteiger partial charge in [-0.15, -0.1) is 0 Å². The van der Waals surface area contributed by atoms with Crippen molar-refractivity contribution in [1.82, 2.24) is 0 Å². The molecule has 0 aromatic heterocycles. The summed E-state index contributed by atoms with van der Waals surface area (Å²) in [6.45, 7) is 5.64. The fraction of sp³-hybridized carbons (Fsp3) is 0.222. The van der Waals surface area contributed by atoms with Gasteiger partial charge in [0.05, 0.1) is 11.3 Å². The summed E-state index contributed by atoms with van der Waals surface area (Å²) in [4.78, 5) is 12.2. The molecule has 0 heterocycles. The third-order valence-corrected chi connectivity index (χ3v) is 3.18. The van der Waals surface area contributed by atoms with E-state index in [1.54, 1.807) is 31.2 Å². The lowest BCUT2D eigenvalue weighted by Crippen LogP contribution is -2.30. The number of carbonyl (C=O) groups excluding carboxylic acids is 1. The van der Waals surface area contributed by atoms with Crippen molar-refractivity contribution in [3.05, 3.63) is 59.2 Å². The number of benzene rings is 2. The summed E-state index contributed by atoms with van der Waals surface area (Å²) in [7, 11) is 0. The molecule has 22 heavy (non-hydrogen) atoms. The number of nitrogens with zero attached hydrogens (tertiary/aromatic N) is 1. The van der Waals surface area contributed by atoms with Crippen molar-refractivity contribution >= 4 is 11.6 Å². The topological polar surface area (TPSA) is 62.1 Å². The molecule has 0 bridgehead atoms. The van der Waals surface area contributed by atoms with Gasteiger partial charge < -0.3 is 10.1 Å². The molecule has 1 N–H and O–H groups in total. The number of carbonyl (C=O) groups is 1. The summed E-state index contributed by atoms with van der Waals surface area (Å²) in [5.74, 6) is 0.371. The quantitative estimate of drug-likeness (QED) is 0.937. The van der Waals surface area contributed by atoms with Gasteiger partial charge in [0.1, 0.15) is 11.8 Å². The summed E-state index contributed by atoms with van der Waals surface area (Å²) in [5, 5.41) is 11.8. The molecule has 0 fully saturated rings. The zero-order chi connectivity index (χ0) is 16.1. The van der Waals surface area contributed by atoms with Crippen LogP contribution in [0.2, 0.25) is 0 Å². The first-order valence-electron chi connectivity index (χ1n) is 7.04. The van der Waals surface area contributed by atoms with Crippen molar-refractivity contribution in [3.63, 3.8) is 0 Å². The summed E-state index contributed by atoms with van der Waals surface area (Å²) in [6.07, 6.45) is -0.659. The second-order valence-corrected chi connectivity index (χ2v) is 5.23. The van der Waals surface area contributed by atoms with Crippen LogP contribution in [-0.4, -0.2) is 12.0 Å². The van der Waals surface area contributed by atoms with Gasteiger partial charge in [-0.25, -0.2) is 0 Å². The molecule has 0 saturated carbocycles. The molecule has 1 amide bonds. The molecule has 0 unspecified atom stereocenters. The molecule has 0 spiro atoms. The van der Waals surface area contributed by atoms with Crippen LogP contribution >= 0.6 is 0 Å². The Morgan fingerprint density at radius 1 is 1.18 bits per heavy atom. The van der Waals surface area contributed by atoms with E-state index < -0.39 is 6.10 Å². The number of aryl methyl sites for hydroxylation is 2. The average molecular weight is 294 g/mol. The van der Waals surface area contributed by atoms with Crippen molar-refractivity contribution < 1.29 is 9.53 Å². The lowest BCUT2D eigenvalue weighted by molar-refractivity contribution is -0.122. The Morgan fingerprint density at radius 2 is 1.82 bits per heavy atom. The van der Waals surface area contributed by atoms with Crippen LogP contribution in [0.15, 0.2) is 42.5 Å². The lowest BCUT2D eigenvalue weighted by Gasteiger charge is -2.16. The molecule has 112 valence electrons. The van der Waals surface area contributed by atoms with Crippen LogP contribution in [-0.2, 0) is 4.79 Å². The minimum absolute atomic E-state index is 0.290. The van der Waals surface area contributed by atoms with Crippen LogP contribution in [0.4, 0.5) is 5.69 Å². The van der Waals surface area contributed by atoms with Gasteiger partial charge in [-0.05, 0) is 56.2 Å². The van der Waals surface area contributed by atoms with Crippen molar-refractivity contribution in [1.29, 1.82) is 5.26 Å². The largest absolute Gasteiger partial charge is 0.481 e. The molecule has 0 aliphatic rings. The molecule has 0 aliphatic heterocycles. The van der Waals surface area contributed by atoms with Crippen molar-refractivity contribution in [2.45, 2.75) is 26.9 Å². The molecule has 2 aromatic carbocycles. The van der Waals surface area contributed by atoms with Gasteiger partial charge in [-0.3, -0.25) is 4.79 Å². The van der Waals surface area contributed by atoms with Crippen molar-refractivity contribution in [2.24, 2.45) is 0 Å². The SMILES string of the molecule is Cc1cc(C)cc(O[C@@H](C)C(=O)Nc2ccccc2C#N)c1. The molecule has 1 atom stereocenters. The molecule has 0 saturated heterocycles. The Hall–Kier alpha value is -2.80. The standard InChI is InChI=1S/C18H18N2O2/c1-12-8-13(2)10-16(9-12)22-14(3)18(21)20-17-7-5-4-6-15(17)11-19/h4-10,14H,1-3H3,(H,20,21)/t14-/m0/s1. The van der Waals surface area contributed by atoms with E-state index in [0.717, 1.165) is 11.1 Å². The highest BCUT2D eigenvalue weighted by Crippen LogP contribution is 2.19. The fourth-order valence-corrected chi connectivity index (χ4v) is 2.18. The van der Waals surface area contributed by atoms with E-state index in [2.05, 4.69) is 5.32 Å². The smallest absolute Gasteiger partial charge is 0.265 e. The van der Waals surface area contributed by atoms with E-state index in [-0.39, 0.29) is 5.91 Å². The predicted octanol–water partition coefficient (Wildman–Crippen LogP) is 3.58. The van der Waals surface area contributed by atoms with E-state index in [1.807, 2.05) is 38.1 Å². The van der Waals surface area contributed by atoms with Crippen molar-refractivity contribution in [3.8, 4) is 11.8 Å². The first kappa shape index (κ1) is 15.6. The number of hydrogen-bond donors (Lipinski definition) is 1. The van der Waals surface area contributed by atoms with Crippen LogP contribution in [0.25, 0.3) is 0 Å². The number of hydrogen-bond acceptors (Lipinski definition) is 3. The van der Waals surface area contributed by atoms with Crippen LogP contribution in [0.3, 0.4) is 0 Å². The number of rotatable bonds is 4. The Morgan fingerprint density at radius 3 is 2.45 bits per heavy atom. The Labute approximate surface area is 130 Å². The summed E-state index contributed by atoms with van der Waals surface area (Å²) in [6, 6.07) is 14.7. The van der Waals surface area contributed by atoms with E-state index in [1.165, 1.54) is 0 Å². The Bertz CT molecular complexity index is 712. The van der Waals surface area contributed by atoms with E-state index in [0.29, 0.717) is 17.0 Å². The van der Waals surface area contributed by atoms with Crippen LogP contribution in [0.5, 0.6) is 5.75 Å². The van der Waals surface area contributed by atoms with E-state index >= 15 is 0 Å². The van der Waals surface area contributed by atoms with Gasteiger partial charge in [0, 0.05) is 0 Å². The predicted molar refractivity (Wildman–Crippen MR) is 85.8 cm³/mol. The molecule has 4 heteroatoms. The van der Waals surface area contributed by atoms with Gasteiger partial charge in [0.2, 0.25) is 0 Å². The lowest BCUT2D eigenvalue weighted by atomic mass is 10.1. The number of anilines is 1. The van der Waals surface area contributed by atoms with Gasteiger partial charge in [0.15, 0.2) is 6.10 Å². The van der Waals surface area contributed by atoms with Gasteiger partial charge in [0.25, 0.3) is 5.91 Å². The summed E-state index contributed by atoms with van der Waals surface area (Å²) >= 11 is 0. The maximum atomic E-state index is 12.2. The molecular weight excluding hydrogens is 276 g/mol. The number of para-hydroxylation sites is 1. The molecule has 2 aromatic rings. The summed E-state index contributed by atoms with van der Waals surface area (Å²) in [5.41, 5.74) is 3.08. The van der Waals surface area contributed by atoms with Crippen LogP contribution in [0, 0.1) is 25.2 Å². The monoisotopic (exact) mass is 294 g/mol. The van der Waals surface area contributed by atoms with Crippen molar-refractivity contribution in [2.75, 3.05) is 5.32 Å². The zero-order valence-corrected chi connectivity index (χ0v) is 12.9. The first-order valence-corrected chi connectivity index (χ1v) is 7.04. The highest BCUT2D eigenvalue weighted by molar-refractivity contribution is 5.95. The maximum Gasteiger partial charge on any atom is 0.265 e. The number of nitrogens with one attached hydrogen (secondary N) is 1. The molecule has 2 rings (SSSR count).